The lowest BCUT2D eigenvalue weighted by molar-refractivity contribution is -0.385. The van der Waals surface area contributed by atoms with E-state index in [0.717, 1.165) is 6.07 Å². The van der Waals surface area contributed by atoms with Gasteiger partial charge < -0.3 is 11.1 Å². The van der Waals surface area contributed by atoms with E-state index < -0.39 is 10.7 Å². The van der Waals surface area contributed by atoms with Crippen molar-refractivity contribution in [1.82, 2.24) is 0 Å². The third-order valence-electron chi connectivity index (χ3n) is 2.91. The van der Waals surface area contributed by atoms with Crippen molar-refractivity contribution in [3.8, 4) is 0 Å². The minimum atomic E-state index is -0.624. The first-order chi connectivity index (χ1) is 8.43. The molecule has 0 aromatic heterocycles. The van der Waals surface area contributed by atoms with E-state index in [0.29, 0.717) is 24.7 Å². The molecule has 1 aromatic rings. The molecule has 1 aromatic carbocycles. The highest BCUT2D eigenvalue weighted by Gasteiger charge is 2.13. The van der Waals surface area contributed by atoms with Crippen LogP contribution in [0.5, 0.6) is 0 Å². The van der Waals surface area contributed by atoms with Gasteiger partial charge in [-0.2, -0.15) is 0 Å². The van der Waals surface area contributed by atoms with Crippen molar-refractivity contribution in [2.24, 2.45) is 17.6 Å². The minimum Gasteiger partial charge on any atom is -0.384 e. The molecule has 0 spiro atoms. The Balaban J connectivity index is 2.75. The average Bonchev–Trinajstić information content (AvgIpc) is 2.28. The van der Waals surface area contributed by atoms with E-state index in [-0.39, 0.29) is 11.6 Å². The summed E-state index contributed by atoms with van der Waals surface area (Å²) in [6, 6.07) is 3.45. The SMILES string of the molecule is CC(C)C(CN)CNc1cc(F)cc([N+](=O)[O-])c1. The summed E-state index contributed by atoms with van der Waals surface area (Å²) in [5.41, 5.74) is 5.77. The van der Waals surface area contributed by atoms with Crippen molar-refractivity contribution in [2.75, 3.05) is 18.4 Å². The fraction of sp³-hybridized carbons (Fsp3) is 0.500. The van der Waals surface area contributed by atoms with E-state index >= 15 is 0 Å². The highest BCUT2D eigenvalue weighted by Crippen LogP contribution is 2.20. The van der Waals surface area contributed by atoms with Crippen molar-refractivity contribution in [1.29, 1.82) is 0 Å². The molecule has 1 atom stereocenters. The van der Waals surface area contributed by atoms with Gasteiger partial charge in [-0.05, 0) is 24.4 Å². The smallest absolute Gasteiger partial charge is 0.274 e. The number of nitrogens with one attached hydrogen (secondary N) is 1. The molecule has 18 heavy (non-hydrogen) atoms. The van der Waals surface area contributed by atoms with Gasteiger partial charge in [0.15, 0.2) is 0 Å². The molecular formula is C12H18FN3O2. The Kier molecular flexibility index (Phi) is 5.03. The second-order valence-corrected chi connectivity index (χ2v) is 4.58. The number of benzene rings is 1. The molecule has 0 saturated carbocycles. The van der Waals surface area contributed by atoms with Crippen molar-refractivity contribution in [2.45, 2.75) is 13.8 Å². The van der Waals surface area contributed by atoms with Gasteiger partial charge in [-0.1, -0.05) is 13.8 Å². The number of non-ortho nitro benzene ring substituents is 1. The van der Waals surface area contributed by atoms with E-state index in [1.807, 2.05) is 13.8 Å². The first-order valence-corrected chi connectivity index (χ1v) is 5.83. The zero-order valence-corrected chi connectivity index (χ0v) is 10.5. The van der Waals surface area contributed by atoms with Gasteiger partial charge >= 0.3 is 0 Å². The Morgan fingerprint density at radius 3 is 2.61 bits per heavy atom. The standard InChI is InChI=1S/C12H18FN3O2/c1-8(2)9(6-14)7-15-11-3-10(13)4-12(5-11)16(17)18/h3-5,8-9,15H,6-7,14H2,1-2H3. The first kappa shape index (κ1) is 14.4. The molecular weight excluding hydrogens is 237 g/mol. The van der Waals surface area contributed by atoms with Crippen LogP contribution >= 0.6 is 0 Å². The van der Waals surface area contributed by atoms with Crippen LogP contribution in [0.3, 0.4) is 0 Å². The Morgan fingerprint density at radius 1 is 1.44 bits per heavy atom. The maximum Gasteiger partial charge on any atom is 0.274 e. The normalized spacial score (nSPS) is 12.5. The predicted octanol–water partition coefficient (Wildman–Crippen LogP) is 2.38. The molecule has 0 amide bonds. The number of nitro groups is 1. The number of rotatable bonds is 6. The second kappa shape index (κ2) is 6.30. The van der Waals surface area contributed by atoms with Gasteiger partial charge in [0.1, 0.15) is 5.82 Å². The summed E-state index contributed by atoms with van der Waals surface area (Å²) >= 11 is 0. The van der Waals surface area contributed by atoms with Gasteiger partial charge in [-0.3, -0.25) is 10.1 Å². The van der Waals surface area contributed by atoms with E-state index in [9.17, 15) is 14.5 Å². The van der Waals surface area contributed by atoms with Gasteiger partial charge in [0, 0.05) is 18.3 Å². The second-order valence-electron chi connectivity index (χ2n) is 4.58. The van der Waals surface area contributed by atoms with E-state index in [2.05, 4.69) is 5.32 Å². The third kappa shape index (κ3) is 3.96. The number of nitrogens with two attached hydrogens (primary N) is 1. The van der Waals surface area contributed by atoms with Crippen LogP contribution in [0, 0.1) is 27.8 Å². The van der Waals surface area contributed by atoms with Crippen LogP contribution in [-0.4, -0.2) is 18.0 Å². The molecule has 0 saturated heterocycles. The summed E-state index contributed by atoms with van der Waals surface area (Å²) in [6.07, 6.45) is 0. The van der Waals surface area contributed by atoms with Crippen molar-refractivity contribution in [3.05, 3.63) is 34.1 Å². The molecule has 0 radical (unpaired) electrons. The van der Waals surface area contributed by atoms with Gasteiger partial charge in [-0.25, -0.2) is 4.39 Å². The molecule has 0 heterocycles. The molecule has 0 aliphatic heterocycles. The van der Waals surface area contributed by atoms with Crippen LogP contribution in [-0.2, 0) is 0 Å². The molecule has 5 nitrogen and oxygen atoms in total. The number of nitrogens with zero attached hydrogens (tertiary/aromatic N) is 1. The molecule has 0 bridgehead atoms. The molecule has 100 valence electrons. The summed E-state index contributed by atoms with van der Waals surface area (Å²) in [5, 5.41) is 13.6. The van der Waals surface area contributed by atoms with Crippen LogP contribution in [0.1, 0.15) is 13.8 Å². The van der Waals surface area contributed by atoms with Crippen molar-refractivity contribution in [3.63, 3.8) is 0 Å². The van der Waals surface area contributed by atoms with Crippen molar-refractivity contribution >= 4 is 11.4 Å². The topological polar surface area (TPSA) is 81.2 Å². The summed E-state index contributed by atoms with van der Waals surface area (Å²) in [4.78, 5) is 9.99. The van der Waals surface area contributed by atoms with E-state index in [1.165, 1.54) is 12.1 Å². The van der Waals surface area contributed by atoms with E-state index in [4.69, 9.17) is 5.73 Å². The summed E-state index contributed by atoms with van der Waals surface area (Å²) in [7, 11) is 0. The lowest BCUT2D eigenvalue weighted by Crippen LogP contribution is -2.27. The largest absolute Gasteiger partial charge is 0.384 e. The van der Waals surface area contributed by atoms with Gasteiger partial charge in [0.25, 0.3) is 5.69 Å². The quantitative estimate of drug-likeness (QED) is 0.604. The predicted molar refractivity (Wildman–Crippen MR) is 68.9 cm³/mol. The monoisotopic (exact) mass is 255 g/mol. The van der Waals surface area contributed by atoms with E-state index in [1.54, 1.807) is 0 Å². The summed E-state index contributed by atoms with van der Waals surface area (Å²) < 4.78 is 13.2. The summed E-state index contributed by atoms with van der Waals surface area (Å²) in [6.45, 7) is 5.18. The zero-order valence-electron chi connectivity index (χ0n) is 10.5. The number of halogens is 1. The maximum absolute atomic E-state index is 13.2. The average molecular weight is 255 g/mol. The number of nitro benzene ring substituents is 1. The number of hydrogen-bond acceptors (Lipinski definition) is 4. The Bertz CT molecular complexity index is 424. The maximum atomic E-state index is 13.2. The van der Waals surface area contributed by atoms with Crippen LogP contribution in [0.15, 0.2) is 18.2 Å². The molecule has 0 aliphatic carbocycles. The Morgan fingerprint density at radius 2 is 2.11 bits per heavy atom. The van der Waals surface area contributed by atoms with Crippen LogP contribution < -0.4 is 11.1 Å². The van der Waals surface area contributed by atoms with Crippen LogP contribution in [0.25, 0.3) is 0 Å². The highest BCUT2D eigenvalue weighted by atomic mass is 19.1. The number of hydrogen-bond donors (Lipinski definition) is 2. The lowest BCUT2D eigenvalue weighted by Gasteiger charge is -2.19. The van der Waals surface area contributed by atoms with Gasteiger partial charge in [0.2, 0.25) is 0 Å². The van der Waals surface area contributed by atoms with Crippen LogP contribution in [0.4, 0.5) is 15.8 Å². The highest BCUT2D eigenvalue weighted by molar-refractivity contribution is 5.51. The van der Waals surface area contributed by atoms with Crippen molar-refractivity contribution < 1.29 is 9.31 Å². The van der Waals surface area contributed by atoms with Gasteiger partial charge in [0.05, 0.1) is 11.0 Å². The third-order valence-corrected chi connectivity index (χ3v) is 2.91. The van der Waals surface area contributed by atoms with Gasteiger partial charge in [-0.15, -0.1) is 0 Å². The Labute approximate surface area is 105 Å². The molecule has 1 unspecified atom stereocenters. The summed E-state index contributed by atoms with van der Waals surface area (Å²) in [5.74, 6) is 0.0129. The molecule has 6 heteroatoms. The lowest BCUT2D eigenvalue weighted by atomic mass is 9.96. The Hall–Kier alpha value is -1.69. The molecule has 3 N–H and O–H groups in total. The fourth-order valence-corrected chi connectivity index (χ4v) is 1.62. The molecule has 0 fully saturated rings. The molecule has 0 aliphatic rings. The first-order valence-electron chi connectivity index (χ1n) is 5.83. The fourth-order valence-electron chi connectivity index (χ4n) is 1.62. The molecule has 1 rings (SSSR count). The zero-order chi connectivity index (χ0) is 13.7. The minimum absolute atomic E-state index is 0.243. The van der Waals surface area contributed by atoms with Crippen LogP contribution in [0.2, 0.25) is 0 Å². The number of anilines is 1.